The predicted molar refractivity (Wildman–Crippen MR) is 162 cm³/mol. The highest BCUT2D eigenvalue weighted by molar-refractivity contribution is 6.31. The van der Waals surface area contributed by atoms with Crippen LogP contribution in [0.3, 0.4) is 0 Å². The van der Waals surface area contributed by atoms with Gasteiger partial charge in [-0.05, 0) is 65.6 Å². The molecule has 4 aromatic carbocycles. The second-order valence-electron chi connectivity index (χ2n) is 10.4. The number of hydrogen-bond acceptors (Lipinski definition) is 4. The Bertz CT molecular complexity index is 1410. The van der Waals surface area contributed by atoms with E-state index in [1.807, 2.05) is 77.7 Å². The third-order valence-corrected chi connectivity index (χ3v) is 7.86. The molecule has 1 saturated heterocycles. The number of nitrogens with two attached hydrogens (primary N) is 1. The van der Waals surface area contributed by atoms with Gasteiger partial charge in [0.05, 0.1) is 6.04 Å². The van der Waals surface area contributed by atoms with Crippen LogP contribution < -0.4 is 16.4 Å². The average Bonchev–Trinajstić information content (AvgIpc) is 3.13. The van der Waals surface area contributed by atoms with Crippen molar-refractivity contribution in [3.8, 4) is 0 Å². The molecule has 0 radical (unpaired) electrons. The summed E-state index contributed by atoms with van der Waals surface area (Å²) in [6.07, 6.45) is 1.26. The van der Waals surface area contributed by atoms with Crippen molar-refractivity contribution < 1.29 is 9.59 Å². The maximum atomic E-state index is 13.7. The summed E-state index contributed by atoms with van der Waals surface area (Å²) in [5.41, 5.74) is 8.85. The van der Waals surface area contributed by atoms with Gasteiger partial charge >= 0.3 is 0 Å². The molecular weight excluding hydrogens is 520 g/mol. The molecule has 4 aromatic rings. The number of nitrogens with zero attached hydrogens (tertiary/aromatic N) is 1. The minimum Gasteiger partial charge on any atom is -0.350 e. The van der Waals surface area contributed by atoms with Gasteiger partial charge in [0.25, 0.3) is 5.91 Å². The maximum absolute atomic E-state index is 13.7. The number of halogens is 1. The number of rotatable bonds is 9. The number of nitrogens with one attached hydrogen (secondary N) is 2. The van der Waals surface area contributed by atoms with Crippen molar-refractivity contribution in [1.82, 2.24) is 15.5 Å². The Balaban J connectivity index is 1.28. The monoisotopic (exact) mass is 554 g/mol. The minimum absolute atomic E-state index is 0.0550. The van der Waals surface area contributed by atoms with E-state index >= 15 is 0 Å². The lowest BCUT2D eigenvalue weighted by atomic mass is 9.90. The summed E-state index contributed by atoms with van der Waals surface area (Å²) in [4.78, 5) is 28.7. The Morgan fingerprint density at radius 2 is 1.60 bits per heavy atom. The van der Waals surface area contributed by atoms with Crippen molar-refractivity contribution in [2.24, 2.45) is 5.73 Å². The Morgan fingerprint density at radius 1 is 0.950 bits per heavy atom. The van der Waals surface area contributed by atoms with Crippen LogP contribution >= 0.6 is 11.6 Å². The third kappa shape index (κ3) is 6.70. The van der Waals surface area contributed by atoms with Crippen molar-refractivity contribution in [3.05, 3.63) is 119 Å². The molecule has 7 heteroatoms. The van der Waals surface area contributed by atoms with E-state index < -0.39 is 6.04 Å². The van der Waals surface area contributed by atoms with Crippen molar-refractivity contribution in [2.45, 2.75) is 30.8 Å². The first-order valence-electron chi connectivity index (χ1n) is 13.8. The van der Waals surface area contributed by atoms with E-state index in [9.17, 15) is 9.59 Å². The van der Waals surface area contributed by atoms with Crippen LogP contribution in [0.2, 0.25) is 5.02 Å². The largest absolute Gasteiger partial charge is 0.350 e. The highest BCUT2D eigenvalue weighted by Crippen LogP contribution is 2.27. The predicted octanol–water partition coefficient (Wildman–Crippen LogP) is 4.96. The van der Waals surface area contributed by atoms with E-state index in [0.717, 1.165) is 17.2 Å². The Morgan fingerprint density at radius 3 is 2.27 bits per heavy atom. The van der Waals surface area contributed by atoms with Crippen LogP contribution in [0, 0.1) is 0 Å². The molecule has 0 bridgehead atoms. The zero-order chi connectivity index (χ0) is 27.9. The van der Waals surface area contributed by atoms with Gasteiger partial charge in [-0.2, -0.15) is 0 Å². The fourth-order valence-corrected chi connectivity index (χ4v) is 5.65. The number of fused-ring (bicyclic) bond motifs is 1. The van der Waals surface area contributed by atoms with Crippen molar-refractivity contribution in [3.63, 3.8) is 0 Å². The normalized spacial score (nSPS) is 17.7. The molecular formula is C33H35ClN4O2. The molecule has 1 aliphatic heterocycles. The van der Waals surface area contributed by atoms with Crippen molar-refractivity contribution in [2.75, 3.05) is 26.2 Å². The molecule has 5 rings (SSSR count). The highest BCUT2D eigenvalue weighted by atomic mass is 35.5. The summed E-state index contributed by atoms with van der Waals surface area (Å²) in [5, 5.41) is 9.17. The van der Waals surface area contributed by atoms with Crippen LogP contribution in [0.15, 0.2) is 97.1 Å². The van der Waals surface area contributed by atoms with E-state index in [1.165, 1.54) is 11.1 Å². The second kappa shape index (κ2) is 13.1. The zero-order valence-electron chi connectivity index (χ0n) is 22.4. The molecule has 1 heterocycles. The van der Waals surface area contributed by atoms with E-state index in [1.54, 1.807) is 0 Å². The van der Waals surface area contributed by atoms with Crippen LogP contribution in [0.1, 0.15) is 40.2 Å². The van der Waals surface area contributed by atoms with Crippen molar-refractivity contribution >= 4 is 34.2 Å². The number of hydrogen-bond donors (Lipinski definition) is 3. The standard InChI is InChI=1S/C33H35ClN4O2/c34-28-14-13-25-19-27(12-11-26(25)20-28)32(39)36-21-29-16-18-38(33(40)31(37-29)15-17-35)22-30(23-7-3-1-4-8-23)24-9-5-2-6-10-24/h1-14,19-20,29-31,37H,15-18,21-22,35H2,(H,36,39)/t29-,31-/m0/s1. The number of amides is 2. The molecule has 0 spiro atoms. The Labute approximate surface area is 240 Å². The lowest BCUT2D eigenvalue weighted by Crippen LogP contribution is -2.49. The second-order valence-corrected chi connectivity index (χ2v) is 10.8. The average molecular weight is 555 g/mol. The topological polar surface area (TPSA) is 87.5 Å². The molecule has 2 amide bonds. The van der Waals surface area contributed by atoms with Crippen molar-refractivity contribution in [1.29, 1.82) is 0 Å². The van der Waals surface area contributed by atoms with Crippen LogP contribution in [0.5, 0.6) is 0 Å². The van der Waals surface area contributed by atoms with Crippen LogP contribution in [0.25, 0.3) is 10.8 Å². The zero-order valence-corrected chi connectivity index (χ0v) is 23.2. The summed E-state index contributed by atoms with van der Waals surface area (Å²) in [6, 6.07) is 31.4. The van der Waals surface area contributed by atoms with Gasteiger partial charge in [0, 0.05) is 42.2 Å². The van der Waals surface area contributed by atoms with Gasteiger partial charge in [-0.3, -0.25) is 9.59 Å². The molecule has 40 heavy (non-hydrogen) atoms. The lowest BCUT2D eigenvalue weighted by molar-refractivity contribution is -0.133. The first-order valence-corrected chi connectivity index (χ1v) is 14.2. The van der Waals surface area contributed by atoms with Crippen LogP contribution in [-0.2, 0) is 4.79 Å². The fourth-order valence-electron chi connectivity index (χ4n) is 5.47. The third-order valence-electron chi connectivity index (χ3n) is 7.63. The van der Waals surface area contributed by atoms with E-state index in [-0.39, 0.29) is 23.8 Å². The van der Waals surface area contributed by atoms with Gasteiger partial charge in [0.1, 0.15) is 0 Å². The van der Waals surface area contributed by atoms with Crippen LogP contribution in [-0.4, -0.2) is 55.0 Å². The van der Waals surface area contributed by atoms with Gasteiger partial charge in [0.2, 0.25) is 5.91 Å². The van der Waals surface area contributed by atoms with E-state index in [4.69, 9.17) is 17.3 Å². The molecule has 0 aromatic heterocycles. The van der Waals surface area contributed by atoms with E-state index in [2.05, 4.69) is 34.9 Å². The van der Waals surface area contributed by atoms with Gasteiger partial charge < -0.3 is 21.3 Å². The SMILES string of the molecule is NCC[C@@H]1N[C@H](CNC(=O)c2ccc3cc(Cl)ccc3c2)CCN(CC(c2ccccc2)c2ccccc2)C1=O. The van der Waals surface area contributed by atoms with Gasteiger partial charge in [-0.25, -0.2) is 0 Å². The first kappa shape index (κ1) is 27.8. The molecule has 2 atom stereocenters. The molecule has 1 fully saturated rings. The molecule has 6 nitrogen and oxygen atoms in total. The highest BCUT2D eigenvalue weighted by Gasteiger charge is 2.32. The quantitative estimate of drug-likeness (QED) is 0.273. The smallest absolute Gasteiger partial charge is 0.251 e. The fraction of sp³-hybridized carbons (Fsp3) is 0.273. The van der Waals surface area contributed by atoms with Gasteiger partial charge in [-0.15, -0.1) is 0 Å². The summed E-state index contributed by atoms with van der Waals surface area (Å²) in [6.45, 7) is 1.99. The van der Waals surface area contributed by atoms with Gasteiger partial charge in [-0.1, -0.05) is 84.4 Å². The Kier molecular flexibility index (Phi) is 9.12. The first-order chi connectivity index (χ1) is 19.5. The van der Waals surface area contributed by atoms with Crippen LogP contribution in [0.4, 0.5) is 0 Å². The summed E-state index contributed by atoms with van der Waals surface area (Å²) in [5.74, 6) is -0.0251. The van der Waals surface area contributed by atoms with Gasteiger partial charge in [0.15, 0.2) is 0 Å². The lowest BCUT2D eigenvalue weighted by Gasteiger charge is -2.29. The molecule has 4 N–H and O–H groups in total. The Hall–Kier alpha value is -3.71. The minimum atomic E-state index is -0.396. The number of carbonyl (C=O) groups excluding carboxylic acids is 2. The molecule has 0 unspecified atom stereocenters. The molecule has 0 aliphatic carbocycles. The number of benzene rings is 4. The molecule has 0 saturated carbocycles. The summed E-state index contributed by atoms with van der Waals surface area (Å²) >= 11 is 6.09. The summed E-state index contributed by atoms with van der Waals surface area (Å²) in [7, 11) is 0. The summed E-state index contributed by atoms with van der Waals surface area (Å²) < 4.78 is 0. The number of carbonyl (C=O) groups is 2. The van der Waals surface area contributed by atoms with E-state index in [0.29, 0.717) is 43.2 Å². The molecule has 206 valence electrons. The maximum Gasteiger partial charge on any atom is 0.251 e. The molecule has 1 aliphatic rings.